The van der Waals surface area contributed by atoms with Gasteiger partial charge in [-0.15, -0.1) is 0 Å². The monoisotopic (exact) mass is 262 g/mol. The molecule has 0 aliphatic heterocycles. The standard InChI is InChI=1S/C13H18N4O2/c1-8(2)17(6-12(15)18)7-13-16-10-4-3-9(14)5-11(10)19-13/h3-5,8H,6-7,14H2,1-2H3,(H2,15,18). The molecule has 0 fully saturated rings. The molecule has 0 radical (unpaired) electrons. The van der Waals surface area contributed by atoms with Crippen molar-refractivity contribution in [3.8, 4) is 0 Å². The third-order valence-corrected chi connectivity index (χ3v) is 2.88. The number of benzene rings is 1. The van der Waals surface area contributed by atoms with E-state index in [-0.39, 0.29) is 18.5 Å². The van der Waals surface area contributed by atoms with Gasteiger partial charge in [0.1, 0.15) is 5.52 Å². The van der Waals surface area contributed by atoms with Crippen LogP contribution in [0, 0.1) is 0 Å². The van der Waals surface area contributed by atoms with Gasteiger partial charge in [0.2, 0.25) is 11.8 Å². The van der Waals surface area contributed by atoms with Crippen molar-refractivity contribution in [1.29, 1.82) is 0 Å². The number of nitrogens with zero attached hydrogens (tertiary/aromatic N) is 2. The van der Waals surface area contributed by atoms with Crippen molar-refractivity contribution in [2.75, 3.05) is 12.3 Å². The smallest absolute Gasteiger partial charge is 0.231 e. The van der Waals surface area contributed by atoms with Crippen LogP contribution in [-0.4, -0.2) is 28.4 Å². The maximum absolute atomic E-state index is 11.0. The molecule has 2 rings (SSSR count). The van der Waals surface area contributed by atoms with Crippen LogP contribution in [-0.2, 0) is 11.3 Å². The molecule has 0 aliphatic carbocycles. The van der Waals surface area contributed by atoms with Crippen molar-refractivity contribution in [3.05, 3.63) is 24.1 Å². The molecule has 0 saturated heterocycles. The van der Waals surface area contributed by atoms with Crippen LogP contribution >= 0.6 is 0 Å². The summed E-state index contributed by atoms with van der Waals surface area (Å²) >= 11 is 0. The Morgan fingerprint density at radius 2 is 2.21 bits per heavy atom. The molecule has 1 aromatic carbocycles. The van der Waals surface area contributed by atoms with Crippen molar-refractivity contribution in [2.24, 2.45) is 5.73 Å². The summed E-state index contributed by atoms with van der Waals surface area (Å²) in [5, 5.41) is 0. The molecular weight excluding hydrogens is 244 g/mol. The van der Waals surface area contributed by atoms with Gasteiger partial charge in [0.25, 0.3) is 0 Å². The predicted octanol–water partition coefficient (Wildman–Crippen LogP) is 1.11. The van der Waals surface area contributed by atoms with E-state index in [0.29, 0.717) is 23.7 Å². The van der Waals surface area contributed by atoms with Gasteiger partial charge in [-0.3, -0.25) is 9.69 Å². The fourth-order valence-electron chi connectivity index (χ4n) is 1.85. The Morgan fingerprint density at radius 1 is 1.47 bits per heavy atom. The topological polar surface area (TPSA) is 98.4 Å². The summed E-state index contributed by atoms with van der Waals surface area (Å²) in [4.78, 5) is 17.3. The third-order valence-electron chi connectivity index (χ3n) is 2.88. The highest BCUT2D eigenvalue weighted by Crippen LogP contribution is 2.19. The maximum atomic E-state index is 11.0. The van der Waals surface area contributed by atoms with E-state index >= 15 is 0 Å². The van der Waals surface area contributed by atoms with Crippen LogP contribution in [0.5, 0.6) is 0 Å². The van der Waals surface area contributed by atoms with Crippen molar-refractivity contribution in [2.45, 2.75) is 26.4 Å². The van der Waals surface area contributed by atoms with E-state index in [4.69, 9.17) is 15.9 Å². The SMILES string of the molecule is CC(C)N(CC(N)=O)Cc1nc2ccc(N)cc2o1. The van der Waals surface area contributed by atoms with Crippen LogP contribution in [0.1, 0.15) is 19.7 Å². The normalized spacial score (nSPS) is 11.6. The van der Waals surface area contributed by atoms with Crippen LogP contribution in [0.3, 0.4) is 0 Å². The summed E-state index contributed by atoms with van der Waals surface area (Å²) in [6.07, 6.45) is 0. The van der Waals surface area contributed by atoms with E-state index in [1.807, 2.05) is 24.8 Å². The molecule has 1 aromatic heterocycles. The molecular formula is C13H18N4O2. The molecule has 2 aromatic rings. The molecule has 0 aliphatic rings. The first-order valence-electron chi connectivity index (χ1n) is 6.13. The summed E-state index contributed by atoms with van der Waals surface area (Å²) in [5.41, 5.74) is 13.0. The molecule has 102 valence electrons. The minimum absolute atomic E-state index is 0.174. The van der Waals surface area contributed by atoms with E-state index in [2.05, 4.69) is 4.98 Å². The Balaban J connectivity index is 2.21. The maximum Gasteiger partial charge on any atom is 0.231 e. The fourth-order valence-corrected chi connectivity index (χ4v) is 1.85. The van der Waals surface area contributed by atoms with Crippen molar-refractivity contribution < 1.29 is 9.21 Å². The number of hydrogen-bond donors (Lipinski definition) is 2. The van der Waals surface area contributed by atoms with Gasteiger partial charge >= 0.3 is 0 Å². The number of nitrogens with two attached hydrogens (primary N) is 2. The number of oxazole rings is 1. The largest absolute Gasteiger partial charge is 0.439 e. The molecule has 0 atom stereocenters. The summed E-state index contributed by atoms with van der Waals surface area (Å²) in [7, 11) is 0. The lowest BCUT2D eigenvalue weighted by atomic mass is 10.3. The molecule has 0 spiro atoms. The number of nitrogen functional groups attached to an aromatic ring is 1. The molecule has 0 unspecified atom stereocenters. The van der Waals surface area contributed by atoms with Crippen molar-refractivity contribution in [3.63, 3.8) is 0 Å². The summed E-state index contributed by atoms with van der Waals surface area (Å²) < 4.78 is 5.63. The highest BCUT2D eigenvalue weighted by Gasteiger charge is 2.16. The Morgan fingerprint density at radius 3 is 2.84 bits per heavy atom. The molecule has 1 amide bonds. The van der Waals surface area contributed by atoms with Gasteiger partial charge in [-0.1, -0.05) is 0 Å². The number of carbonyl (C=O) groups is 1. The quantitative estimate of drug-likeness (QED) is 0.786. The van der Waals surface area contributed by atoms with Crippen LogP contribution in [0.25, 0.3) is 11.1 Å². The van der Waals surface area contributed by atoms with Gasteiger partial charge in [0.15, 0.2) is 5.58 Å². The van der Waals surface area contributed by atoms with E-state index in [9.17, 15) is 4.79 Å². The van der Waals surface area contributed by atoms with Gasteiger partial charge in [0, 0.05) is 17.8 Å². The highest BCUT2D eigenvalue weighted by atomic mass is 16.3. The van der Waals surface area contributed by atoms with Gasteiger partial charge in [-0.2, -0.15) is 0 Å². The zero-order chi connectivity index (χ0) is 14.0. The second-order valence-electron chi connectivity index (χ2n) is 4.80. The number of amides is 1. The summed E-state index contributed by atoms with van der Waals surface area (Å²) in [6, 6.07) is 5.50. The Hall–Kier alpha value is -2.08. The highest BCUT2D eigenvalue weighted by molar-refractivity contribution is 5.77. The average Bonchev–Trinajstić information content (AvgIpc) is 2.68. The number of aromatic nitrogens is 1. The summed E-state index contributed by atoms with van der Waals surface area (Å²) in [6.45, 7) is 4.60. The molecule has 6 heteroatoms. The number of anilines is 1. The minimum atomic E-state index is -0.367. The van der Waals surface area contributed by atoms with Crippen LogP contribution in [0.4, 0.5) is 5.69 Å². The van der Waals surface area contributed by atoms with Crippen LogP contribution in [0.15, 0.2) is 22.6 Å². The second-order valence-corrected chi connectivity index (χ2v) is 4.80. The lowest BCUT2D eigenvalue weighted by Crippen LogP contribution is -2.38. The van der Waals surface area contributed by atoms with E-state index in [1.165, 1.54) is 0 Å². The fraction of sp³-hybridized carbons (Fsp3) is 0.385. The van der Waals surface area contributed by atoms with Gasteiger partial charge in [0.05, 0.1) is 13.1 Å². The average molecular weight is 262 g/mol. The molecule has 1 heterocycles. The first-order chi connectivity index (χ1) is 8.95. The molecule has 0 saturated carbocycles. The lowest BCUT2D eigenvalue weighted by Gasteiger charge is -2.22. The molecule has 4 N–H and O–H groups in total. The van der Waals surface area contributed by atoms with E-state index in [0.717, 1.165) is 5.52 Å². The van der Waals surface area contributed by atoms with E-state index in [1.54, 1.807) is 12.1 Å². The van der Waals surface area contributed by atoms with Gasteiger partial charge in [-0.25, -0.2) is 4.98 Å². The number of fused-ring (bicyclic) bond motifs is 1. The Kier molecular flexibility index (Phi) is 3.71. The van der Waals surface area contributed by atoms with Gasteiger partial charge in [-0.05, 0) is 26.0 Å². The third kappa shape index (κ3) is 3.23. The lowest BCUT2D eigenvalue weighted by molar-refractivity contribution is -0.119. The number of carbonyl (C=O) groups excluding carboxylic acids is 1. The number of primary amides is 1. The predicted molar refractivity (Wildman–Crippen MR) is 73.2 cm³/mol. The first kappa shape index (κ1) is 13.4. The zero-order valence-electron chi connectivity index (χ0n) is 11.1. The van der Waals surface area contributed by atoms with Crippen molar-refractivity contribution >= 4 is 22.7 Å². The van der Waals surface area contributed by atoms with E-state index < -0.39 is 0 Å². The summed E-state index contributed by atoms with van der Waals surface area (Å²) in [5.74, 6) is 0.185. The minimum Gasteiger partial charge on any atom is -0.439 e. The van der Waals surface area contributed by atoms with Gasteiger partial charge < -0.3 is 15.9 Å². The molecule has 19 heavy (non-hydrogen) atoms. The van der Waals surface area contributed by atoms with Crippen LogP contribution in [0.2, 0.25) is 0 Å². The second kappa shape index (κ2) is 5.27. The molecule has 0 bridgehead atoms. The zero-order valence-corrected chi connectivity index (χ0v) is 11.1. The Labute approximate surface area is 111 Å². The molecule has 6 nitrogen and oxygen atoms in total. The van der Waals surface area contributed by atoms with Crippen LogP contribution < -0.4 is 11.5 Å². The van der Waals surface area contributed by atoms with Crippen molar-refractivity contribution in [1.82, 2.24) is 9.88 Å². The first-order valence-corrected chi connectivity index (χ1v) is 6.13. The number of hydrogen-bond acceptors (Lipinski definition) is 5. The Bertz CT molecular complexity index is 591. The number of rotatable bonds is 5.